The average molecular weight is 280 g/mol. The van der Waals surface area contributed by atoms with Crippen molar-refractivity contribution in [2.45, 2.75) is 6.92 Å². The van der Waals surface area contributed by atoms with Gasteiger partial charge in [-0.15, -0.1) is 0 Å². The van der Waals surface area contributed by atoms with Gasteiger partial charge in [-0.3, -0.25) is 9.59 Å². The first-order chi connectivity index (χ1) is 9.06. The second kappa shape index (κ2) is 7.48. The van der Waals surface area contributed by atoms with Gasteiger partial charge in [0.15, 0.2) is 10.9 Å². The minimum atomic E-state index is -0.955. The number of ketones is 1. The van der Waals surface area contributed by atoms with E-state index in [0.29, 0.717) is 5.56 Å². The first-order valence-corrected chi connectivity index (χ1v) is 6.26. The molecule has 6 heteroatoms. The van der Waals surface area contributed by atoms with E-state index in [4.69, 9.17) is 10.5 Å². The molecule has 1 rings (SSSR count). The normalized spacial score (nSPS) is 11.4. The van der Waals surface area contributed by atoms with Crippen LogP contribution < -0.4 is 11.1 Å². The molecule has 0 spiro atoms. The van der Waals surface area contributed by atoms with Crippen molar-refractivity contribution in [3.05, 3.63) is 35.9 Å². The number of nitrogens with two attached hydrogens (primary N) is 1. The van der Waals surface area contributed by atoms with Crippen LogP contribution in [0.1, 0.15) is 17.3 Å². The lowest BCUT2D eigenvalue weighted by Crippen LogP contribution is -2.40. The molecule has 3 N–H and O–H groups in total. The van der Waals surface area contributed by atoms with Crippen LogP contribution in [0.4, 0.5) is 0 Å². The van der Waals surface area contributed by atoms with Crippen molar-refractivity contribution in [1.82, 2.24) is 5.32 Å². The molecule has 0 bridgehead atoms. The molecule has 1 aromatic carbocycles. The molecule has 1 aromatic rings. The predicted octanol–water partition coefficient (Wildman–Crippen LogP) is 0.882. The number of thiocarbonyl (C=S) groups is 1. The summed E-state index contributed by atoms with van der Waals surface area (Å²) in [5.41, 5.74) is 5.76. The van der Waals surface area contributed by atoms with Gasteiger partial charge < -0.3 is 15.8 Å². The van der Waals surface area contributed by atoms with E-state index in [-0.39, 0.29) is 24.0 Å². The van der Waals surface area contributed by atoms with Crippen LogP contribution in [0.3, 0.4) is 0 Å². The molecule has 102 valence electrons. The second-order valence-corrected chi connectivity index (χ2v) is 4.22. The van der Waals surface area contributed by atoms with Crippen molar-refractivity contribution in [2.24, 2.45) is 11.7 Å². The Morgan fingerprint density at radius 1 is 1.37 bits per heavy atom. The summed E-state index contributed by atoms with van der Waals surface area (Å²) >= 11 is 4.67. The standard InChI is InChI=1S/C13H16N2O3S/c1-2-18-12(17)10(8-15-13(14)19)11(16)9-6-4-3-5-7-9/h3-7,10H,2,8H2,1H3,(H3,14,15,19). The molecule has 0 aliphatic heterocycles. The van der Waals surface area contributed by atoms with Crippen molar-refractivity contribution in [1.29, 1.82) is 0 Å². The third kappa shape index (κ3) is 4.67. The SMILES string of the molecule is CCOC(=O)C(CNC(N)=S)C(=O)c1ccccc1. The second-order valence-electron chi connectivity index (χ2n) is 3.78. The van der Waals surface area contributed by atoms with E-state index in [2.05, 4.69) is 17.5 Å². The van der Waals surface area contributed by atoms with E-state index in [1.165, 1.54) is 0 Å². The molecule has 1 atom stereocenters. The Balaban J connectivity index is 2.86. The van der Waals surface area contributed by atoms with Crippen molar-refractivity contribution in [3.8, 4) is 0 Å². The van der Waals surface area contributed by atoms with Crippen LogP contribution in [0.15, 0.2) is 30.3 Å². The summed E-state index contributed by atoms with van der Waals surface area (Å²) in [4.78, 5) is 24.1. The quantitative estimate of drug-likeness (QED) is 0.348. The fourth-order valence-electron chi connectivity index (χ4n) is 1.53. The summed E-state index contributed by atoms with van der Waals surface area (Å²) in [7, 11) is 0. The van der Waals surface area contributed by atoms with Gasteiger partial charge in [0.25, 0.3) is 0 Å². The molecule has 0 aliphatic carbocycles. The average Bonchev–Trinajstić information content (AvgIpc) is 2.39. The zero-order valence-corrected chi connectivity index (χ0v) is 11.4. The first-order valence-electron chi connectivity index (χ1n) is 5.85. The summed E-state index contributed by atoms with van der Waals surface area (Å²) in [5, 5.41) is 2.66. The maximum absolute atomic E-state index is 12.2. The lowest BCUT2D eigenvalue weighted by molar-refractivity contribution is -0.145. The maximum atomic E-state index is 12.2. The Morgan fingerprint density at radius 3 is 2.53 bits per heavy atom. The van der Waals surface area contributed by atoms with Gasteiger partial charge in [-0.25, -0.2) is 0 Å². The number of ether oxygens (including phenoxy) is 1. The number of hydrogen-bond acceptors (Lipinski definition) is 4. The number of hydrogen-bond donors (Lipinski definition) is 2. The van der Waals surface area contributed by atoms with Crippen LogP contribution in [0.5, 0.6) is 0 Å². The van der Waals surface area contributed by atoms with Gasteiger partial charge in [0, 0.05) is 12.1 Å². The Morgan fingerprint density at radius 2 is 2.00 bits per heavy atom. The molecule has 0 saturated heterocycles. The van der Waals surface area contributed by atoms with E-state index < -0.39 is 11.9 Å². The van der Waals surface area contributed by atoms with Gasteiger partial charge >= 0.3 is 5.97 Å². The predicted molar refractivity (Wildman–Crippen MR) is 75.7 cm³/mol. The Labute approximate surface area is 117 Å². The largest absolute Gasteiger partial charge is 0.465 e. The molecule has 0 amide bonds. The van der Waals surface area contributed by atoms with Crippen molar-refractivity contribution in [3.63, 3.8) is 0 Å². The fraction of sp³-hybridized carbons (Fsp3) is 0.308. The van der Waals surface area contributed by atoms with Crippen molar-refractivity contribution in [2.75, 3.05) is 13.2 Å². The minimum absolute atomic E-state index is 0.0297. The van der Waals surface area contributed by atoms with Crippen LogP contribution >= 0.6 is 12.2 Å². The third-order valence-electron chi connectivity index (χ3n) is 2.43. The monoisotopic (exact) mass is 280 g/mol. The molecule has 0 fully saturated rings. The highest BCUT2D eigenvalue weighted by Gasteiger charge is 2.28. The van der Waals surface area contributed by atoms with Crippen LogP contribution in [0.25, 0.3) is 0 Å². The summed E-state index contributed by atoms with van der Waals surface area (Å²) in [6.45, 7) is 1.93. The zero-order chi connectivity index (χ0) is 14.3. The number of rotatable bonds is 6. The molecule has 0 aliphatic rings. The third-order valence-corrected chi connectivity index (χ3v) is 2.57. The summed E-state index contributed by atoms with van der Waals surface area (Å²) in [6, 6.07) is 8.56. The van der Waals surface area contributed by atoms with Crippen LogP contribution in [0.2, 0.25) is 0 Å². The number of benzene rings is 1. The van der Waals surface area contributed by atoms with Gasteiger partial charge in [-0.1, -0.05) is 30.3 Å². The van der Waals surface area contributed by atoms with Gasteiger partial charge in [-0.05, 0) is 19.1 Å². The Bertz CT molecular complexity index is 462. The Hall–Kier alpha value is -1.95. The van der Waals surface area contributed by atoms with E-state index in [9.17, 15) is 9.59 Å². The van der Waals surface area contributed by atoms with Crippen LogP contribution in [-0.2, 0) is 9.53 Å². The number of Topliss-reactive ketones (excluding diaryl/α,β-unsaturated/α-hetero) is 1. The molecule has 0 saturated carbocycles. The number of nitrogens with one attached hydrogen (secondary N) is 1. The lowest BCUT2D eigenvalue weighted by atomic mass is 9.97. The fourth-order valence-corrected chi connectivity index (χ4v) is 1.62. The summed E-state index contributed by atoms with van der Waals surface area (Å²) in [5.74, 6) is -1.85. The molecule has 19 heavy (non-hydrogen) atoms. The molecule has 1 unspecified atom stereocenters. The molecule has 0 radical (unpaired) electrons. The number of esters is 1. The summed E-state index contributed by atoms with van der Waals surface area (Å²) < 4.78 is 4.90. The Kier molecular flexibility index (Phi) is 5.95. The van der Waals surface area contributed by atoms with Gasteiger partial charge in [0.05, 0.1) is 6.61 Å². The highest BCUT2D eigenvalue weighted by atomic mass is 32.1. The van der Waals surface area contributed by atoms with Crippen molar-refractivity contribution >= 4 is 29.1 Å². The van der Waals surface area contributed by atoms with Gasteiger partial charge in [0.1, 0.15) is 5.92 Å². The first kappa shape index (κ1) is 15.1. The molecular formula is C13H16N2O3S. The van der Waals surface area contributed by atoms with Crippen molar-refractivity contribution < 1.29 is 14.3 Å². The van der Waals surface area contributed by atoms with E-state index in [1.807, 2.05) is 0 Å². The van der Waals surface area contributed by atoms with E-state index in [1.54, 1.807) is 37.3 Å². The van der Waals surface area contributed by atoms with Gasteiger partial charge in [0.2, 0.25) is 0 Å². The molecule has 0 aromatic heterocycles. The number of carbonyl (C=O) groups excluding carboxylic acids is 2. The highest BCUT2D eigenvalue weighted by Crippen LogP contribution is 2.10. The molecule has 5 nitrogen and oxygen atoms in total. The molecule has 0 heterocycles. The maximum Gasteiger partial charge on any atom is 0.318 e. The smallest absolute Gasteiger partial charge is 0.318 e. The minimum Gasteiger partial charge on any atom is -0.465 e. The van der Waals surface area contributed by atoms with Crippen LogP contribution in [-0.4, -0.2) is 30.0 Å². The topological polar surface area (TPSA) is 81.4 Å². The van der Waals surface area contributed by atoms with E-state index in [0.717, 1.165) is 0 Å². The highest BCUT2D eigenvalue weighted by molar-refractivity contribution is 7.80. The van der Waals surface area contributed by atoms with E-state index >= 15 is 0 Å². The lowest BCUT2D eigenvalue weighted by Gasteiger charge is -2.15. The molecular weight excluding hydrogens is 264 g/mol. The summed E-state index contributed by atoms with van der Waals surface area (Å²) in [6.07, 6.45) is 0. The van der Waals surface area contributed by atoms with Gasteiger partial charge in [-0.2, -0.15) is 0 Å². The number of carbonyl (C=O) groups is 2. The zero-order valence-electron chi connectivity index (χ0n) is 10.6. The van der Waals surface area contributed by atoms with Crippen LogP contribution in [0, 0.1) is 5.92 Å².